The Hall–Kier alpha value is -4.01. The van der Waals surface area contributed by atoms with Crippen LogP contribution in [0.5, 0.6) is 5.88 Å². The van der Waals surface area contributed by atoms with Crippen LogP contribution in [-0.4, -0.2) is 41.5 Å². The number of aromatic nitrogens is 5. The number of ether oxygens (including phenoxy) is 1. The molecule has 6 rings (SSSR count). The van der Waals surface area contributed by atoms with E-state index >= 15 is 4.39 Å². The van der Waals surface area contributed by atoms with Crippen molar-refractivity contribution in [3.8, 4) is 5.88 Å². The lowest BCUT2D eigenvalue weighted by atomic mass is 9.85. The molecule has 39 heavy (non-hydrogen) atoms. The molecule has 10 nitrogen and oxygen atoms in total. The lowest BCUT2D eigenvalue weighted by Gasteiger charge is -2.34. The molecule has 0 bridgehead atoms. The van der Waals surface area contributed by atoms with E-state index in [1.807, 2.05) is 0 Å². The number of thioether (sulfide) groups is 1. The number of nitrogens with one attached hydrogen (secondary N) is 1. The lowest BCUT2D eigenvalue weighted by Crippen LogP contribution is -2.39. The molecule has 3 aromatic heterocycles. The maximum absolute atomic E-state index is 15.1. The van der Waals surface area contributed by atoms with Crippen molar-refractivity contribution in [3.05, 3.63) is 59.6 Å². The summed E-state index contributed by atoms with van der Waals surface area (Å²) >= 11 is 0.789. The molecule has 1 fully saturated rings. The maximum atomic E-state index is 15.1. The zero-order valence-electron chi connectivity index (χ0n) is 20.5. The van der Waals surface area contributed by atoms with Gasteiger partial charge in [-0.05, 0) is 25.5 Å². The highest BCUT2D eigenvalue weighted by atomic mass is 32.2. The molecule has 0 amide bonds. The Morgan fingerprint density at radius 1 is 1.26 bits per heavy atom. The maximum Gasteiger partial charge on any atom is 0.253 e. The third-order valence-electron chi connectivity index (χ3n) is 6.82. The molecule has 202 valence electrons. The van der Waals surface area contributed by atoms with Crippen LogP contribution in [0.4, 0.5) is 29.1 Å². The molecule has 0 spiro atoms. The number of pyridine rings is 1. The van der Waals surface area contributed by atoms with E-state index in [1.165, 1.54) is 25.4 Å². The quantitative estimate of drug-likeness (QED) is 0.308. The molecular formula is C24H20F4N8O2S. The molecule has 1 saturated carbocycles. The standard InChI is InChI=1S/C24H20F4N8O2S/c1-10-35-36-17(38-10)9-37-16-8-31-19-14(33-16)3-4-30-20(19)32-11-5-12(18(26)13(25)6-11)23(2)15-7-24(15,21(27)28)39-22(29)34-23/h3-6,8,15,21H,7,9H2,1-2H3,(H2,29,34)(H,30,32)/t15-,23-,24-/m0/s1. The van der Waals surface area contributed by atoms with E-state index in [9.17, 15) is 13.2 Å². The molecule has 1 aromatic carbocycles. The van der Waals surface area contributed by atoms with Gasteiger partial charge in [0.1, 0.15) is 5.52 Å². The van der Waals surface area contributed by atoms with Gasteiger partial charge < -0.3 is 20.2 Å². The number of fused-ring (bicyclic) bond motifs is 2. The second-order valence-corrected chi connectivity index (χ2v) is 10.8. The number of nitrogens with zero attached hydrogens (tertiary/aromatic N) is 6. The molecule has 3 atom stereocenters. The first kappa shape index (κ1) is 25.3. The van der Waals surface area contributed by atoms with Gasteiger partial charge >= 0.3 is 0 Å². The minimum atomic E-state index is -2.70. The lowest BCUT2D eigenvalue weighted by molar-refractivity contribution is 0.123. The highest BCUT2D eigenvalue weighted by Crippen LogP contribution is 2.68. The van der Waals surface area contributed by atoms with Gasteiger partial charge in [-0.25, -0.2) is 32.5 Å². The van der Waals surface area contributed by atoms with Gasteiger partial charge in [0.2, 0.25) is 11.8 Å². The van der Waals surface area contributed by atoms with Crippen molar-refractivity contribution in [1.29, 1.82) is 0 Å². The Bertz CT molecular complexity index is 1640. The zero-order valence-corrected chi connectivity index (χ0v) is 21.3. The first-order chi connectivity index (χ1) is 18.6. The van der Waals surface area contributed by atoms with Crippen LogP contribution < -0.4 is 15.8 Å². The number of aryl methyl sites for hydroxylation is 1. The second-order valence-electron chi connectivity index (χ2n) is 9.40. The van der Waals surface area contributed by atoms with Crippen molar-refractivity contribution in [1.82, 2.24) is 25.1 Å². The van der Waals surface area contributed by atoms with Crippen molar-refractivity contribution < 1.29 is 26.7 Å². The summed E-state index contributed by atoms with van der Waals surface area (Å²) in [4.78, 5) is 17.3. The summed E-state index contributed by atoms with van der Waals surface area (Å²) in [6.07, 6.45) is 0.200. The number of hydrogen-bond acceptors (Lipinski definition) is 11. The van der Waals surface area contributed by atoms with Gasteiger partial charge in [-0.15, -0.1) is 10.2 Å². The van der Waals surface area contributed by atoms with Crippen LogP contribution in [0.1, 0.15) is 30.7 Å². The van der Waals surface area contributed by atoms with E-state index < -0.39 is 34.3 Å². The predicted molar refractivity (Wildman–Crippen MR) is 134 cm³/mol. The number of aliphatic imine (C=N–C) groups is 1. The first-order valence-corrected chi connectivity index (χ1v) is 12.5. The molecule has 0 unspecified atom stereocenters. The van der Waals surface area contributed by atoms with Crippen LogP contribution in [0.3, 0.4) is 0 Å². The van der Waals surface area contributed by atoms with E-state index in [2.05, 4.69) is 35.5 Å². The summed E-state index contributed by atoms with van der Waals surface area (Å²) in [5.41, 5.74) is 5.05. The van der Waals surface area contributed by atoms with Crippen LogP contribution in [0.25, 0.3) is 11.0 Å². The SMILES string of the molecule is Cc1nnc(COc2cnc3c(Nc4cc(F)c(F)c([C@]5(C)N=C(N)S[C@@]6(C(F)F)C[C@@H]56)c4)nccc3n2)o1. The van der Waals surface area contributed by atoms with Gasteiger partial charge in [-0.2, -0.15) is 0 Å². The van der Waals surface area contributed by atoms with E-state index in [1.54, 1.807) is 13.0 Å². The number of amidine groups is 1. The normalized spacial score (nSPS) is 24.0. The highest BCUT2D eigenvalue weighted by molar-refractivity contribution is 8.15. The Labute approximate surface area is 222 Å². The number of alkyl halides is 2. The first-order valence-electron chi connectivity index (χ1n) is 11.7. The summed E-state index contributed by atoms with van der Waals surface area (Å²) in [6.45, 7) is 3.14. The van der Waals surface area contributed by atoms with Crippen LogP contribution >= 0.6 is 11.8 Å². The van der Waals surface area contributed by atoms with Crippen molar-refractivity contribution in [3.63, 3.8) is 0 Å². The van der Waals surface area contributed by atoms with Crippen molar-refractivity contribution in [2.24, 2.45) is 16.6 Å². The van der Waals surface area contributed by atoms with Crippen molar-refractivity contribution in [2.75, 3.05) is 5.32 Å². The zero-order chi connectivity index (χ0) is 27.5. The predicted octanol–water partition coefficient (Wildman–Crippen LogP) is 4.62. The Kier molecular flexibility index (Phi) is 5.86. The number of anilines is 2. The Morgan fingerprint density at radius 2 is 2.08 bits per heavy atom. The third-order valence-corrected chi connectivity index (χ3v) is 8.13. The minimum absolute atomic E-state index is 0.00698. The van der Waals surface area contributed by atoms with Gasteiger partial charge in [0.15, 0.2) is 29.2 Å². The van der Waals surface area contributed by atoms with E-state index in [4.69, 9.17) is 14.9 Å². The van der Waals surface area contributed by atoms with Gasteiger partial charge in [-0.3, -0.25) is 4.99 Å². The van der Waals surface area contributed by atoms with Crippen molar-refractivity contribution >= 4 is 39.5 Å². The smallest absolute Gasteiger partial charge is 0.253 e. The fourth-order valence-corrected chi connectivity index (χ4v) is 6.23. The summed E-state index contributed by atoms with van der Waals surface area (Å²) in [5.74, 6) is -2.00. The average molecular weight is 561 g/mol. The summed E-state index contributed by atoms with van der Waals surface area (Å²) < 4.78 is 67.1. The Morgan fingerprint density at radius 3 is 2.82 bits per heavy atom. The summed E-state index contributed by atoms with van der Waals surface area (Å²) in [7, 11) is 0. The fraction of sp³-hybridized carbons (Fsp3) is 0.333. The van der Waals surface area contributed by atoms with E-state index in [0.717, 1.165) is 17.8 Å². The molecule has 0 radical (unpaired) electrons. The van der Waals surface area contributed by atoms with Gasteiger partial charge in [0.05, 0.1) is 22.0 Å². The van der Waals surface area contributed by atoms with Crippen molar-refractivity contribution in [2.45, 2.75) is 43.6 Å². The molecule has 0 saturated heterocycles. The number of rotatable bonds is 7. The second kappa shape index (κ2) is 9.03. The molecule has 2 aliphatic rings. The molecular weight excluding hydrogens is 540 g/mol. The summed E-state index contributed by atoms with van der Waals surface area (Å²) in [5, 5.41) is 10.4. The number of hydrogen-bond donors (Lipinski definition) is 2. The van der Waals surface area contributed by atoms with Crippen LogP contribution in [0.2, 0.25) is 0 Å². The Balaban J connectivity index is 1.30. The van der Waals surface area contributed by atoms with Gasteiger partial charge in [0, 0.05) is 36.4 Å². The van der Waals surface area contributed by atoms with Crippen LogP contribution in [0.15, 0.2) is 40.0 Å². The van der Waals surface area contributed by atoms with E-state index in [0.29, 0.717) is 16.9 Å². The monoisotopic (exact) mass is 560 g/mol. The average Bonchev–Trinajstić information content (AvgIpc) is 3.51. The largest absolute Gasteiger partial charge is 0.466 e. The molecule has 4 heterocycles. The number of benzene rings is 1. The molecule has 15 heteroatoms. The van der Waals surface area contributed by atoms with Gasteiger partial charge in [0.25, 0.3) is 12.3 Å². The van der Waals surface area contributed by atoms with Crippen LogP contribution in [0, 0.1) is 24.5 Å². The molecule has 1 aliphatic carbocycles. The highest BCUT2D eigenvalue weighted by Gasteiger charge is 2.71. The van der Waals surface area contributed by atoms with Crippen LogP contribution in [-0.2, 0) is 12.1 Å². The molecule has 3 N–H and O–H groups in total. The topological polar surface area (TPSA) is 137 Å². The van der Waals surface area contributed by atoms with Gasteiger partial charge in [-0.1, -0.05) is 11.8 Å². The molecule has 1 aliphatic heterocycles. The third kappa shape index (κ3) is 4.30. The minimum Gasteiger partial charge on any atom is -0.466 e. The molecule has 4 aromatic rings. The fourth-order valence-electron chi connectivity index (χ4n) is 4.89. The number of nitrogens with two attached hydrogens (primary N) is 1. The number of halogens is 4. The summed E-state index contributed by atoms with van der Waals surface area (Å²) in [6, 6.07) is 3.87. The van der Waals surface area contributed by atoms with E-state index in [-0.39, 0.29) is 47.0 Å².